The van der Waals surface area contributed by atoms with Crippen molar-refractivity contribution >= 4 is 5.97 Å². The van der Waals surface area contributed by atoms with Gasteiger partial charge in [-0.2, -0.15) is 0 Å². The van der Waals surface area contributed by atoms with Crippen LogP contribution in [0.1, 0.15) is 149 Å². The van der Waals surface area contributed by atoms with Gasteiger partial charge in [0.2, 0.25) is 0 Å². The van der Waals surface area contributed by atoms with E-state index in [2.05, 4.69) is 6.92 Å². The van der Waals surface area contributed by atoms with Gasteiger partial charge in [-0.15, -0.1) is 0 Å². The Morgan fingerprint density at radius 1 is 0.594 bits per heavy atom. The van der Waals surface area contributed by atoms with Crippen molar-refractivity contribution in [1.82, 2.24) is 0 Å². The Kier molecular flexibility index (Phi) is 12.0. The third kappa shape index (κ3) is 9.02. The van der Waals surface area contributed by atoms with Gasteiger partial charge < -0.3 is 4.74 Å². The highest BCUT2D eigenvalue weighted by atomic mass is 16.5. The fourth-order valence-electron chi connectivity index (χ4n) is 7.21. The highest BCUT2D eigenvalue weighted by molar-refractivity contribution is 5.69. The Bertz CT molecular complexity index is 491. The van der Waals surface area contributed by atoms with E-state index in [1.807, 2.05) is 6.92 Å². The summed E-state index contributed by atoms with van der Waals surface area (Å²) < 4.78 is 5.58. The lowest BCUT2D eigenvalue weighted by Gasteiger charge is -2.38. The van der Waals surface area contributed by atoms with Gasteiger partial charge in [0.25, 0.3) is 0 Å². The molecule has 0 saturated heterocycles. The van der Waals surface area contributed by atoms with Crippen LogP contribution in [0.3, 0.4) is 0 Å². The molecule has 0 aromatic carbocycles. The molecule has 3 saturated carbocycles. The van der Waals surface area contributed by atoms with E-state index in [-0.39, 0.29) is 12.1 Å². The summed E-state index contributed by atoms with van der Waals surface area (Å²) in [4.78, 5) is 11.5. The number of hydrogen-bond acceptors (Lipinski definition) is 2. The van der Waals surface area contributed by atoms with Crippen molar-refractivity contribution in [1.29, 1.82) is 0 Å². The fourth-order valence-corrected chi connectivity index (χ4v) is 7.21. The van der Waals surface area contributed by atoms with E-state index >= 15 is 0 Å². The molecule has 2 heteroatoms. The van der Waals surface area contributed by atoms with Crippen LogP contribution < -0.4 is 0 Å². The number of carbonyl (C=O) groups excluding carboxylic acids is 1. The van der Waals surface area contributed by atoms with E-state index in [1.165, 1.54) is 116 Å². The van der Waals surface area contributed by atoms with Gasteiger partial charge >= 0.3 is 5.97 Å². The van der Waals surface area contributed by atoms with Gasteiger partial charge in [0.05, 0.1) is 0 Å². The topological polar surface area (TPSA) is 26.3 Å². The Labute approximate surface area is 200 Å². The van der Waals surface area contributed by atoms with Crippen LogP contribution in [-0.2, 0) is 9.53 Å². The first-order chi connectivity index (χ1) is 15.7. The lowest BCUT2D eigenvalue weighted by Crippen LogP contribution is -2.29. The maximum Gasteiger partial charge on any atom is 0.305 e. The molecule has 32 heavy (non-hydrogen) atoms. The molecule has 0 aliphatic heterocycles. The predicted octanol–water partition coefficient (Wildman–Crippen LogP) is 9.25. The highest BCUT2D eigenvalue weighted by Gasteiger charge is 2.32. The molecule has 0 N–H and O–H groups in total. The van der Waals surface area contributed by atoms with E-state index in [0.717, 1.165) is 42.4 Å². The van der Waals surface area contributed by atoms with E-state index < -0.39 is 0 Å². The summed E-state index contributed by atoms with van der Waals surface area (Å²) in [5.74, 6) is 4.98. The van der Waals surface area contributed by atoms with Gasteiger partial charge in [0.15, 0.2) is 0 Å². The van der Waals surface area contributed by atoms with Crippen LogP contribution in [0.5, 0.6) is 0 Å². The second-order valence-electron chi connectivity index (χ2n) is 11.8. The van der Waals surface area contributed by atoms with Gasteiger partial charge in [0.1, 0.15) is 6.10 Å². The quantitative estimate of drug-likeness (QED) is 0.220. The van der Waals surface area contributed by atoms with Crippen LogP contribution >= 0.6 is 0 Å². The molecule has 0 amide bonds. The lowest BCUT2D eigenvalue weighted by molar-refractivity contribution is -0.150. The predicted molar refractivity (Wildman–Crippen MR) is 136 cm³/mol. The van der Waals surface area contributed by atoms with Crippen molar-refractivity contribution < 1.29 is 9.53 Å². The van der Waals surface area contributed by atoms with Crippen molar-refractivity contribution in [3.8, 4) is 0 Å². The number of rotatable bonds is 12. The SMILES string of the molecule is CCCCCCC[C@H]1CC[C@H](CCC2CCC(C3CCC(OC(=O)CC)CC3)CC2)CC1. The molecule has 0 atom stereocenters. The van der Waals surface area contributed by atoms with Gasteiger partial charge in [-0.3, -0.25) is 4.79 Å². The summed E-state index contributed by atoms with van der Waals surface area (Å²) in [6, 6.07) is 0. The van der Waals surface area contributed by atoms with Crippen molar-refractivity contribution in [2.24, 2.45) is 29.6 Å². The fraction of sp³-hybridized carbons (Fsp3) is 0.967. The molecule has 0 radical (unpaired) electrons. The minimum atomic E-state index is -0.00939. The molecule has 186 valence electrons. The second-order valence-corrected chi connectivity index (χ2v) is 11.8. The molecule has 0 aromatic rings. The van der Waals surface area contributed by atoms with E-state index in [9.17, 15) is 4.79 Å². The molecule has 2 nitrogen and oxygen atoms in total. The van der Waals surface area contributed by atoms with Crippen molar-refractivity contribution in [2.75, 3.05) is 0 Å². The van der Waals surface area contributed by atoms with Gasteiger partial charge in [0, 0.05) is 6.42 Å². The molecule has 3 aliphatic rings. The smallest absolute Gasteiger partial charge is 0.305 e. The Morgan fingerprint density at radius 3 is 1.59 bits per heavy atom. The third-order valence-corrected chi connectivity index (χ3v) is 9.53. The van der Waals surface area contributed by atoms with E-state index in [4.69, 9.17) is 4.74 Å². The minimum Gasteiger partial charge on any atom is -0.462 e. The lowest BCUT2D eigenvalue weighted by atomic mass is 9.69. The van der Waals surface area contributed by atoms with Crippen LogP contribution in [-0.4, -0.2) is 12.1 Å². The number of carbonyl (C=O) groups is 1. The van der Waals surface area contributed by atoms with E-state index in [0.29, 0.717) is 6.42 Å². The molecule has 0 heterocycles. The summed E-state index contributed by atoms with van der Waals surface area (Å²) >= 11 is 0. The largest absolute Gasteiger partial charge is 0.462 e. The molecule has 0 spiro atoms. The standard InChI is InChI=1S/C30H54O2/c1-3-5-6-7-8-9-24-10-12-25(13-11-24)14-15-26-16-18-27(19-17-26)28-20-22-29(23-21-28)32-30(31)4-2/h24-29H,3-23H2,1-2H3/t24-,25-,26?,27?,28?,29?. The van der Waals surface area contributed by atoms with Crippen LogP contribution in [0, 0.1) is 29.6 Å². The van der Waals surface area contributed by atoms with Crippen LogP contribution in [0.15, 0.2) is 0 Å². The van der Waals surface area contributed by atoms with Crippen LogP contribution in [0.4, 0.5) is 0 Å². The Balaban J connectivity index is 1.22. The van der Waals surface area contributed by atoms with Crippen molar-refractivity contribution in [2.45, 2.75) is 155 Å². The van der Waals surface area contributed by atoms with Crippen LogP contribution in [0.25, 0.3) is 0 Å². The first-order valence-corrected chi connectivity index (χ1v) is 14.9. The molecular formula is C30H54O2. The molecule has 0 aromatic heterocycles. The summed E-state index contributed by atoms with van der Waals surface area (Å²) in [6.45, 7) is 4.21. The maximum atomic E-state index is 11.5. The Hall–Kier alpha value is -0.530. The summed E-state index contributed by atoms with van der Waals surface area (Å²) in [6.07, 6.45) is 29.3. The Morgan fingerprint density at radius 2 is 1.06 bits per heavy atom. The zero-order valence-electron chi connectivity index (χ0n) is 21.6. The molecule has 3 aliphatic carbocycles. The monoisotopic (exact) mass is 446 g/mol. The summed E-state index contributed by atoms with van der Waals surface area (Å²) in [5.41, 5.74) is 0. The van der Waals surface area contributed by atoms with Gasteiger partial charge in [-0.25, -0.2) is 0 Å². The second kappa shape index (κ2) is 14.7. The molecule has 0 bridgehead atoms. The summed E-state index contributed by atoms with van der Waals surface area (Å²) in [5, 5.41) is 0. The summed E-state index contributed by atoms with van der Waals surface area (Å²) in [7, 11) is 0. The van der Waals surface area contributed by atoms with Gasteiger partial charge in [-0.05, 0) is 68.1 Å². The first kappa shape index (κ1) is 26.1. The number of esters is 1. The van der Waals surface area contributed by atoms with Crippen LogP contribution in [0.2, 0.25) is 0 Å². The number of unbranched alkanes of at least 4 members (excludes halogenated alkanes) is 4. The number of ether oxygens (including phenoxy) is 1. The zero-order valence-corrected chi connectivity index (χ0v) is 21.6. The van der Waals surface area contributed by atoms with Gasteiger partial charge in [-0.1, -0.05) is 104 Å². The highest BCUT2D eigenvalue weighted by Crippen LogP contribution is 2.42. The zero-order chi connectivity index (χ0) is 22.6. The average Bonchev–Trinajstić information content (AvgIpc) is 2.84. The molecule has 3 fully saturated rings. The number of hydrogen-bond donors (Lipinski definition) is 0. The maximum absolute atomic E-state index is 11.5. The van der Waals surface area contributed by atoms with Crippen molar-refractivity contribution in [3.63, 3.8) is 0 Å². The third-order valence-electron chi connectivity index (χ3n) is 9.53. The van der Waals surface area contributed by atoms with E-state index in [1.54, 1.807) is 0 Å². The molecular weight excluding hydrogens is 392 g/mol. The first-order valence-electron chi connectivity index (χ1n) is 14.9. The normalized spacial score (nSPS) is 33.7. The molecule has 3 rings (SSSR count). The average molecular weight is 447 g/mol. The molecule has 0 unspecified atom stereocenters. The minimum absolute atomic E-state index is 0.00939. The van der Waals surface area contributed by atoms with Crippen molar-refractivity contribution in [3.05, 3.63) is 0 Å².